The first-order chi connectivity index (χ1) is 17.0. The molecule has 8 nitrogen and oxygen atoms in total. The maximum atomic E-state index is 13.6. The summed E-state index contributed by atoms with van der Waals surface area (Å²) in [6.45, 7) is 7.55. The van der Waals surface area contributed by atoms with Gasteiger partial charge in [-0.2, -0.15) is 4.31 Å². The number of urea groups is 1. The number of hydrogen-bond donors (Lipinski definition) is 2. The molecule has 36 heavy (non-hydrogen) atoms. The van der Waals surface area contributed by atoms with Gasteiger partial charge in [0.2, 0.25) is 10.0 Å². The smallest absolute Gasteiger partial charge is 0.321 e. The number of likely N-dealkylation sites (N-methyl/N-ethyl adjacent to an activating group) is 1. The van der Waals surface area contributed by atoms with Crippen LogP contribution < -0.4 is 10.1 Å². The predicted molar refractivity (Wildman–Crippen MR) is 140 cm³/mol. The average molecular weight is 514 g/mol. The molecule has 3 atom stereocenters. The molecule has 3 rings (SSSR count). The van der Waals surface area contributed by atoms with Crippen molar-refractivity contribution in [3.8, 4) is 17.6 Å². The van der Waals surface area contributed by atoms with Crippen LogP contribution in [0.5, 0.6) is 5.75 Å². The zero-order valence-electron chi connectivity index (χ0n) is 21.4. The Bertz CT molecular complexity index is 1220. The summed E-state index contributed by atoms with van der Waals surface area (Å²) >= 11 is 0. The molecule has 0 spiro atoms. The van der Waals surface area contributed by atoms with E-state index in [1.807, 2.05) is 39.0 Å². The van der Waals surface area contributed by atoms with E-state index in [1.54, 1.807) is 38.2 Å². The highest BCUT2D eigenvalue weighted by atomic mass is 32.2. The molecule has 0 unspecified atom stereocenters. The summed E-state index contributed by atoms with van der Waals surface area (Å²) in [7, 11) is -2.27. The highest BCUT2D eigenvalue weighted by Crippen LogP contribution is 2.34. The van der Waals surface area contributed by atoms with Crippen molar-refractivity contribution in [2.24, 2.45) is 11.8 Å². The van der Waals surface area contributed by atoms with Crippen molar-refractivity contribution in [3.63, 3.8) is 0 Å². The topological polar surface area (TPSA) is 99.2 Å². The monoisotopic (exact) mass is 513 g/mol. The molecule has 2 aromatic carbocycles. The third kappa shape index (κ3) is 6.58. The van der Waals surface area contributed by atoms with E-state index in [0.29, 0.717) is 11.3 Å². The summed E-state index contributed by atoms with van der Waals surface area (Å²) in [6, 6.07) is 13.0. The Morgan fingerprint density at radius 2 is 1.92 bits per heavy atom. The molecule has 1 aliphatic rings. The lowest BCUT2D eigenvalue weighted by atomic mass is 10.0. The van der Waals surface area contributed by atoms with E-state index >= 15 is 0 Å². The molecular formula is C27H35N3O5S. The average Bonchev–Trinajstić information content (AvgIpc) is 2.84. The molecule has 2 amide bonds. The first-order valence-electron chi connectivity index (χ1n) is 12.0. The van der Waals surface area contributed by atoms with E-state index in [9.17, 15) is 18.3 Å². The second-order valence-electron chi connectivity index (χ2n) is 9.50. The van der Waals surface area contributed by atoms with Crippen molar-refractivity contribution in [3.05, 3.63) is 54.1 Å². The molecule has 0 radical (unpaired) electrons. The number of carbonyl (C=O) groups is 1. The minimum Gasteiger partial charge on any atom is -0.487 e. The van der Waals surface area contributed by atoms with Gasteiger partial charge >= 0.3 is 6.03 Å². The molecule has 0 aromatic heterocycles. The molecule has 9 heteroatoms. The molecule has 0 aliphatic carbocycles. The van der Waals surface area contributed by atoms with E-state index in [4.69, 9.17) is 4.74 Å². The molecule has 0 fully saturated rings. The Kier molecular flexibility index (Phi) is 9.01. The third-order valence-corrected chi connectivity index (χ3v) is 8.02. The van der Waals surface area contributed by atoms with Crippen LogP contribution in [0.3, 0.4) is 0 Å². The molecule has 0 saturated heterocycles. The molecule has 2 N–H and O–H groups in total. The van der Waals surface area contributed by atoms with Crippen LogP contribution in [0.1, 0.15) is 33.3 Å². The molecule has 194 valence electrons. The maximum Gasteiger partial charge on any atom is 0.321 e. The summed E-state index contributed by atoms with van der Waals surface area (Å²) < 4.78 is 34.8. The first kappa shape index (κ1) is 27.5. The van der Waals surface area contributed by atoms with Crippen LogP contribution in [0.4, 0.5) is 10.5 Å². The third-order valence-electron chi connectivity index (χ3n) is 6.00. The van der Waals surface area contributed by atoms with Crippen LogP contribution in [-0.4, -0.2) is 67.7 Å². The fourth-order valence-corrected chi connectivity index (χ4v) is 5.67. The van der Waals surface area contributed by atoms with Crippen molar-refractivity contribution in [1.82, 2.24) is 9.21 Å². The standard InChI is InChI=1S/C27H35N3O5S/c1-19(2)11-12-22-13-14-26-24(15-22)35-25(20(3)16-30(21(4)18-31)36(26,33)34)17-29(5)27(32)28-23-9-7-6-8-10-23/h6-10,13-15,19-21,25,31H,16-18H2,1-5H3,(H,28,32)/t20-,21+,25-/m1/s1. The lowest BCUT2D eigenvalue weighted by molar-refractivity contribution is 0.0830. The lowest BCUT2D eigenvalue weighted by Gasteiger charge is -2.37. The number of benzene rings is 2. The molecular weight excluding hydrogens is 478 g/mol. The summed E-state index contributed by atoms with van der Waals surface area (Å²) in [6.07, 6.45) is -0.507. The van der Waals surface area contributed by atoms with Crippen molar-refractivity contribution in [2.75, 3.05) is 32.1 Å². The first-order valence-corrected chi connectivity index (χ1v) is 13.5. The SMILES string of the molecule is CC(C)C#Cc1ccc2c(c1)O[C@H](CN(C)C(=O)Nc1ccccc1)[C@H](C)CN([C@@H](C)CO)S2(=O)=O. The van der Waals surface area contributed by atoms with Crippen LogP contribution in [0.25, 0.3) is 0 Å². The predicted octanol–water partition coefficient (Wildman–Crippen LogP) is 3.63. The number of aliphatic hydroxyl groups excluding tert-OH is 1. The Balaban J connectivity index is 1.96. The van der Waals surface area contributed by atoms with E-state index in [0.717, 1.165) is 0 Å². The van der Waals surface area contributed by atoms with Crippen LogP contribution >= 0.6 is 0 Å². The van der Waals surface area contributed by atoms with E-state index in [-0.39, 0.29) is 48.2 Å². The quantitative estimate of drug-likeness (QED) is 0.595. The fourth-order valence-electron chi connectivity index (χ4n) is 3.84. The number of sulfonamides is 1. The molecule has 2 aromatic rings. The Morgan fingerprint density at radius 3 is 2.56 bits per heavy atom. The summed E-state index contributed by atoms with van der Waals surface area (Å²) in [4.78, 5) is 14.4. The van der Waals surface area contributed by atoms with Gasteiger partial charge in [-0.25, -0.2) is 13.2 Å². The fraction of sp³-hybridized carbons (Fsp3) is 0.444. The number of hydrogen-bond acceptors (Lipinski definition) is 5. The van der Waals surface area contributed by atoms with Gasteiger partial charge < -0.3 is 20.1 Å². The van der Waals surface area contributed by atoms with Crippen LogP contribution in [0.15, 0.2) is 53.4 Å². The number of aliphatic hydroxyl groups is 1. The number of rotatable bonds is 5. The van der Waals surface area contributed by atoms with Crippen LogP contribution in [0.2, 0.25) is 0 Å². The largest absolute Gasteiger partial charge is 0.487 e. The molecule has 1 aliphatic heterocycles. The summed E-state index contributed by atoms with van der Waals surface area (Å²) in [5.74, 6) is 6.21. The van der Waals surface area contributed by atoms with Gasteiger partial charge in [-0.05, 0) is 37.3 Å². The highest BCUT2D eigenvalue weighted by Gasteiger charge is 2.38. The minimum atomic E-state index is -3.94. The lowest BCUT2D eigenvalue weighted by Crippen LogP contribution is -2.50. The maximum absolute atomic E-state index is 13.6. The molecule has 1 heterocycles. The number of para-hydroxylation sites is 1. The van der Waals surface area contributed by atoms with Gasteiger partial charge in [0, 0.05) is 42.7 Å². The minimum absolute atomic E-state index is 0.0196. The van der Waals surface area contributed by atoms with Gasteiger partial charge in [0.1, 0.15) is 16.7 Å². The van der Waals surface area contributed by atoms with E-state index in [2.05, 4.69) is 17.2 Å². The number of anilines is 1. The number of amides is 2. The number of ether oxygens (including phenoxy) is 1. The molecule has 0 saturated carbocycles. The van der Waals surface area contributed by atoms with E-state index < -0.39 is 22.2 Å². The van der Waals surface area contributed by atoms with Gasteiger partial charge in [-0.3, -0.25) is 0 Å². The van der Waals surface area contributed by atoms with Gasteiger partial charge in [0.15, 0.2) is 0 Å². The highest BCUT2D eigenvalue weighted by molar-refractivity contribution is 7.89. The van der Waals surface area contributed by atoms with Gasteiger partial charge in [0.25, 0.3) is 0 Å². The van der Waals surface area contributed by atoms with E-state index in [1.165, 1.54) is 15.3 Å². The summed E-state index contributed by atoms with van der Waals surface area (Å²) in [5.41, 5.74) is 1.32. The molecule has 0 bridgehead atoms. The van der Waals surface area contributed by atoms with Crippen molar-refractivity contribution < 1.29 is 23.1 Å². The zero-order chi connectivity index (χ0) is 26.5. The number of nitrogens with zero attached hydrogens (tertiary/aromatic N) is 2. The number of fused-ring (bicyclic) bond motifs is 1. The number of carbonyl (C=O) groups excluding carboxylic acids is 1. The Labute approximate surface area is 214 Å². The number of nitrogens with one attached hydrogen (secondary N) is 1. The zero-order valence-corrected chi connectivity index (χ0v) is 22.2. The van der Waals surface area contributed by atoms with Crippen LogP contribution in [0, 0.1) is 23.7 Å². The normalized spacial score (nSPS) is 20.1. The van der Waals surface area contributed by atoms with Gasteiger partial charge in [-0.1, -0.05) is 50.8 Å². The second kappa shape index (κ2) is 11.8. The summed E-state index contributed by atoms with van der Waals surface area (Å²) in [5, 5.41) is 12.6. The Hall–Kier alpha value is -3.06. The van der Waals surface area contributed by atoms with Gasteiger partial charge in [-0.15, -0.1) is 0 Å². The van der Waals surface area contributed by atoms with Gasteiger partial charge in [0.05, 0.1) is 13.2 Å². The van der Waals surface area contributed by atoms with Crippen molar-refractivity contribution in [1.29, 1.82) is 0 Å². The van der Waals surface area contributed by atoms with Crippen molar-refractivity contribution in [2.45, 2.75) is 44.7 Å². The second-order valence-corrected chi connectivity index (χ2v) is 11.4. The Morgan fingerprint density at radius 1 is 1.22 bits per heavy atom. The van der Waals surface area contributed by atoms with Crippen molar-refractivity contribution >= 4 is 21.7 Å². The van der Waals surface area contributed by atoms with Crippen LogP contribution in [-0.2, 0) is 10.0 Å².